The molecule has 1 saturated carbocycles. The van der Waals surface area contributed by atoms with Gasteiger partial charge in [-0.3, -0.25) is 14.6 Å². The van der Waals surface area contributed by atoms with Crippen LogP contribution >= 0.6 is 0 Å². The average Bonchev–Trinajstić information content (AvgIpc) is 3.83. The highest BCUT2D eigenvalue weighted by molar-refractivity contribution is 6.06. The monoisotopic (exact) mass is 525 g/mol. The number of benzene rings is 2. The second-order valence-electron chi connectivity index (χ2n) is 11.5. The molecule has 1 aromatic heterocycles. The van der Waals surface area contributed by atoms with Crippen LogP contribution in [0.25, 0.3) is 10.9 Å². The molecule has 0 atom stereocenters. The minimum absolute atomic E-state index is 0.0725. The van der Waals surface area contributed by atoms with Gasteiger partial charge in [0.05, 0.1) is 23.0 Å². The van der Waals surface area contributed by atoms with Gasteiger partial charge in [0, 0.05) is 36.6 Å². The summed E-state index contributed by atoms with van der Waals surface area (Å²) in [5.41, 5.74) is 3.54. The highest BCUT2D eigenvalue weighted by Gasteiger charge is 2.44. The first-order valence-electron chi connectivity index (χ1n) is 14.8. The summed E-state index contributed by atoms with van der Waals surface area (Å²) >= 11 is 0. The number of aryl methyl sites for hydroxylation is 1. The number of aromatic nitrogens is 1. The maximum absolute atomic E-state index is 14.0. The molecule has 204 valence electrons. The molecule has 0 N–H and O–H groups in total. The third-order valence-electron chi connectivity index (χ3n) is 9.04. The van der Waals surface area contributed by atoms with Crippen LogP contribution in [0.2, 0.25) is 0 Å². The van der Waals surface area contributed by atoms with Gasteiger partial charge in [-0.2, -0.15) is 0 Å². The second-order valence-corrected chi connectivity index (χ2v) is 11.5. The van der Waals surface area contributed by atoms with E-state index in [1.54, 1.807) is 0 Å². The number of amides is 2. The molecule has 2 amide bonds. The number of ether oxygens (including phenoxy) is 1. The Labute approximate surface area is 231 Å². The maximum atomic E-state index is 14.0. The Morgan fingerprint density at radius 3 is 2.56 bits per heavy atom. The predicted molar refractivity (Wildman–Crippen MR) is 153 cm³/mol. The van der Waals surface area contributed by atoms with Gasteiger partial charge in [-0.25, -0.2) is 0 Å². The van der Waals surface area contributed by atoms with Gasteiger partial charge in [0.25, 0.3) is 5.91 Å². The molecule has 3 aliphatic rings. The lowest BCUT2D eigenvalue weighted by atomic mass is 9.73. The number of para-hydroxylation sites is 2. The van der Waals surface area contributed by atoms with Gasteiger partial charge in [-0.05, 0) is 75.6 Å². The van der Waals surface area contributed by atoms with E-state index in [2.05, 4.69) is 19.1 Å². The summed E-state index contributed by atoms with van der Waals surface area (Å²) in [6, 6.07) is 18.3. The fourth-order valence-electron chi connectivity index (χ4n) is 6.47. The first-order valence-corrected chi connectivity index (χ1v) is 14.8. The van der Waals surface area contributed by atoms with E-state index in [1.807, 2.05) is 52.3 Å². The van der Waals surface area contributed by atoms with Gasteiger partial charge in [-0.1, -0.05) is 42.8 Å². The molecule has 2 aromatic carbocycles. The summed E-state index contributed by atoms with van der Waals surface area (Å²) in [5, 5.41) is 0.923. The van der Waals surface area contributed by atoms with Gasteiger partial charge in [0.15, 0.2) is 0 Å². The molecule has 0 bridgehead atoms. The van der Waals surface area contributed by atoms with E-state index in [4.69, 9.17) is 9.72 Å². The van der Waals surface area contributed by atoms with Crippen molar-refractivity contribution in [2.24, 2.45) is 5.41 Å². The molecule has 2 fully saturated rings. The fourth-order valence-corrected chi connectivity index (χ4v) is 6.47. The fraction of sp³-hybridized carbons (Fsp3) is 0.485. The summed E-state index contributed by atoms with van der Waals surface area (Å²) in [6.07, 6.45) is 7.57. The van der Waals surface area contributed by atoms with E-state index in [0.717, 1.165) is 66.4 Å². The van der Waals surface area contributed by atoms with Crippen LogP contribution in [0.4, 0.5) is 0 Å². The van der Waals surface area contributed by atoms with E-state index >= 15 is 0 Å². The van der Waals surface area contributed by atoms with Crippen LogP contribution in [0.1, 0.15) is 79.4 Å². The number of pyridine rings is 1. The number of likely N-dealkylation sites (N-methyl/N-ethyl adjacent to an activating group) is 1. The van der Waals surface area contributed by atoms with E-state index in [0.29, 0.717) is 51.5 Å². The van der Waals surface area contributed by atoms with E-state index in [-0.39, 0.29) is 11.8 Å². The van der Waals surface area contributed by atoms with Gasteiger partial charge < -0.3 is 14.5 Å². The quantitative estimate of drug-likeness (QED) is 0.422. The summed E-state index contributed by atoms with van der Waals surface area (Å²) < 4.78 is 6.13. The lowest BCUT2D eigenvalue weighted by molar-refractivity contribution is -0.145. The topological polar surface area (TPSA) is 62.7 Å². The number of fused-ring (bicyclic) bond motifs is 2. The van der Waals surface area contributed by atoms with Crippen molar-refractivity contribution in [1.82, 2.24) is 14.8 Å². The second kappa shape index (κ2) is 11.0. The number of nitrogens with zero attached hydrogens (tertiary/aromatic N) is 3. The van der Waals surface area contributed by atoms with Crippen molar-refractivity contribution in [1.29, 1.82) is 0 Å². The Morgan fingerprint density at radius 1 is 1.00 bits per heavy atom. The van der Waals surface area contributed by atoms with Crippen molar-refractivity contribution < 1.29 is 14.3 Å². The van der Waals surface area contributed by atoms with Crippen molar-refractivity contribution in [3.8, 4) is 5.75 Å². The molecule has 1 saturated heterocycles. The normalized spacial score (nSPS) is 20.2. The number of carbonyl (C=O) groups is 2. The van der Waals surface area contributed by atoms with Crippen LogP contribution in [-0.4, -0.2) is 59.4 Å². The van der Waals surface area contributed by atoms with Crippen molar-refractivity contribution in [3.05, 3.63) is 71.4 Å². The van der Waals surface area contributed by atoms with Crippen LogP contribution in [0, 0.1) is 5.41 Å². The highest BCUT2D eigenvalue weighted by Crippen LogP contribution is 2.42. The Hall–Kier alpha value is -3.41. The molecule has 1 spiro atoms. The zero-order valence-electron chi connectivity index (χ0n) is 23.0. The molecule has 2 aliphatic heterocycles. The lowest BCUT2D eigenvalue weighted by Gasteiger charge is -2.43. The first-order chi connectivity index (χ1) is 19.1. The number of carbonyl (C=O) groups excluding carboxylic acids is 2. The van der Waals surface area contributed by atoms with Crippen LogP contribution in [0.5, 0.6) is 5.75 Å². The van der Waals surface area contributed by atoms with Crippen molar-refractivity contribution in [2.75, 3.05) is 32.8 Å². The number of hydrogen-bond donors (Lipinski definition) is 0. The molecular weight excluding hydrogens is 486 g/mol. The highest BCUT2D eigenvalue weighted by atomic mass is 16.5. The maximum Gasteiger partial charge on any atom is 0.254 e. The molecule has 3 aromatic rings. The summed E-state index contributed by atoms with van der Waals surface area (Å²) in [5.74, 6) is 1.73. The minimum Gasteiger partial charge on any atom is -0.491 e. The number of rotatable bonds is 3. The van der Waals surface area contributed by atoms with Crippen molar-refractivity contribution in [3.63, 3.8) is 0 Å². The molecule has 6 heteroatoms. The van der Waals surface area contributed by atoms with Crippen molar-refractivity contribution in [2.45, 2.75) is 64.2 Å². The van der Waals surface area contributed by atoms with Crippen molar-refractivity contribution >= 4 is 22.7 Å². The average molecular weight is 526 g/mol. The Balaban J connectivity index is 1.21. The molecule has 6 rings (SSSR count). The Morgan fingerprint density at radius 2 is 1.77 bits per heavy atom. The molecule has 39 heavy (non-hydrogen) atoms. The van der Waals surface area contributed by atoms with Crippen LogP contribution in [0.15, 0.2) is 54.6 Å². The van der Waals surface area contributed by atoms with Gasteiger partial charge in [0.2, 0.25) is 5.91 Å². The third kappa shape index (κ3) is 5.26. The lowest BCUT2D eigenvalue weighted by Crippen LogP contribution is -2.52. The largest absolute Gasteiger partial charge is 0.491 e. The minimum atomic E-state index is -0.412. The smallest absolute Gasteiger partial charge is 0.254 e. The summed E-state index contributed by atoms with van der Waals surface area (Å²) in [7, 11) is 0. The summed E-state index contributed by atoms with van der Waals surface area (Å²) in [4.78, 5) is 36.7. The molecule has 0 unspecified atom stereocenters. The predicted octanol–water partition coefficient (Wildman–Crippen LogP) is 5.99. The van der Waals surface area contributed by atoms with Gasteiger partial charge >= 0.3 is 0 Å². The van der Waals surface area contributed by atoms with Crippen LogP contribution < -0.4 is 4.74 Å². The standard InChI is InChI=1S/C33H39N3O3/c1-2-35-21-22-39-30-13-6-3-9-25(30)10-7-8-16-33(32(35)38)17-19-36(20-18-33)31(37)27-23-29(24-14-15-24)34-28-12-5-4-11-26(27)28/h3-6,9,11-13,23-24H,2,7-8,10,14-22H2,1H3. The SMILES string of the molecule is CCN1CCOc2ccccc2CCCCC2(CCN(C(=O)c3cc(C4CC4)nc4ccccc34)CC2)C1=O. The molecule has 6 nitrogen and oxygen atoms in total. The van der Waals surface area contributed by atoms with Gasteiger partial charge in [0.1, 0.15) is 12.4 Å². The number of piperidine rings is 1. The van der Waals surface area contributed by atoms with E-state index in [9.17, 15) is 9.59 Å². The molecule has 3 heterocycles. The van der Waals surface area contributed by atoms with Crippen LogP contribution in [0.3, 0.4) is 0 Å². The zero-order valence-corrected chi connectivity index (χ0v) is 23.0. The van der Waals surface area contributed by atoms with E-state index < -0.39 is 5.41 Å². The van der Waals surface area contributed by atoms with E-state index in [1.165, 1.54) is 5.56 Å². The zero-order chi connectivity index (χ0) is 26.8. The molecule has 0 radical (unpaired) electrons. The first kappa shape index (κ1) is 25.8. The molecular formula is C33H39N3O3. The van der Waals surface area contributed by atoms with Crippen LogP contribution in [-0.2, 0) is 11.2 Å². The summed E-state index contributed by atoms with van der Waals surface area (Å²) in [6.45, 7) is 5.02. The number of likely N-dealkylation sites (tertiary alicyclic amines) is 1. The number of hydrogen-bond acceptors (Lipinski definition) is 4. The Bertz CT molecular complexity index is 1360. The van der Waals surface area contributed by atoms with Gasteiger partial charge in [-0.15, -0.1) is 0 Å². The third-order valence-corrected chi connectivity index (χ3v) is 9.04. The molecule has 1 aliphatic carbocycles. The Kier molecular flexibility index (Phi) is 7.28.